The van der Waals surface area contributed by atoms with E-state index in [4.69, 9.17) is 4.74 Å². The molecule has 5 nitrogen and oxygen atoms in total. The molecule has 2 aromatic heterocycles. The van der Waals surface area contributed by atoms with Crippen LogP contribution in [0.5, 0.6) is 0 Å². The fourth-order valence-corrected chi connectivity index (χ4v) is 4.12. The molecule has 1 amide bonds. The highest BCUT2D eigenvalue weighted by molar-refractivity contribution is 7.13. The van der Waals surface area contributed by atoms with Crippen molar-refractivity contribution >= 4 is 23.2 Å². The number of fused-ring (bicyclic) bond motifs is 3. The lowest BCUT2D eigenvalue weighted by Crippen LogP contribution is -2.30. The average Bonchev–Trinajstić information content (AvgIpc) is 3.29. The van der Waals surface area contributed by atoms with E-state index in [1.54, 1.807) is 24.3 Å². The van der Waals surface area contributed by atoms with Crippen molar-refractivity contribution in [2.45, 2.75) is 25.5 Å². The van der Waals surface area contributed by atoms with Crippen LogP contribution in [0.4, 0.5) is 0 Å². The highest BCUT2D eigenvalue weighted by Gasteiger charge is 2.29. The molecule has 0 bridgehead atoms. The van der Waals surface area contributed by atoms with Gasteiger partial charge in [-0.3, -0.25) is 4.79 Å². The summed E-state index contributed by atoms with van der Waals surface area (Å²) in [7, 11) is 0. The van der Waals surface area contributed by atoms with E-state index in [-0.39, 0.29) is 24.0 Å². The normalized spacial score (nSPS) is 16.8. The fraction of sp³-hybridized carbons (Fsp3) is 0.200. The Morgan fingerprint density at radius 3 is 2.85 bits per heavy atom. The maximum absolute atomic E-state index is 12.5. The molecule has 0 radical (unpaired) electrons. The van der Waals surface area contributed by atoms with Gasteiger partial charge in [-0.25, -0.2) is 4.79 Å². The summed E-state index contributed by atoms with van der Waals surface area (Å²) in [5, 5.41) is 5.89. The second kappa shape index (κ2) is 6.80. The van der Waals surface area contributed by atoms with E-state index in [1.807, 2.05) is 47.3 Å². The zero-order valence-corrected chi connectivity index (χ0v) is 15.0. The highest BCUT2D eigenvalue weighted by atomic mass is 32.1. The van der Waals surface area contributed by atoms with Gasteiger partial charge in [0.2, 0.25) is 0 Å². The molecule has 1 aliphatic heterocycles. The number of carbonyl (C=O) groups excluding carboxylic acids is 2. The number of rotatable bonds is 4. The summed E-state index contributed by atoms with van der Waals surface area (Å²) < 4.78 is 7.60. The molecule has 2 atom stereocenters. The predicted octanol–water partition coefficient (Wildman–Crippen LogP) is 3.96. The summed E-state index contributed by atoms with van der Waals surface area (Å²) in [4.78, 5) is 24.8. The number of carbonyl (C=O) groups is 2. The second-order valence-electron chi connectivity index (χ2n) is 6.29. The Kier molecular flexibility index (Phi) is 4.34. The minimum absolute atomic E-state index is 0.100. The Bertz CT molecular complexity index is 945. The van der Waals surface area contributed by atoms with Gasteiger partial charge in [0.25, 0.3) is 5.91 Å². The van der Waals surface area contributed by atoms with E-state index in [0.29, 0.717) is 17.5 Å². The van der Waals surface area contributed by atoms with Crippen molar-refractivity contribution in [1.29, 1.82) is 0 Å². The lowest BCUT2D eigenvalue weighted by atomic mass is 10.1. The lowest BCUT2D eigenvalue weighted by Gasteiger charge is -2.21. The smallest absolute Gasteiger partial charge is 0.338 e. The van der Waals surface area contributed by atoms with Crippen LogP contribution in [0.25, 0.3) is 5.00 Å². The van der Waals surface area contributed by atoms with Crippen LogP contribution in [-0.2, 0) is 4.74 Å². The topological polar surface area (TPSA) is 60.3 Å². The maximum Gasteiger partial charge on any atom is 0.338 e. The molecule has 0 saturated heterocycles. The summed E-state index contributed by atoms with van der Waals surface area (Å²) in [5.41, 5.74) is 2.18. The Morgan fingerprint density at radius 1 is 1.23 bits per heavy atom. The van der Waals surface area contributed by atoms with Crippen molar-refractivity contribution in [3.05, 3.63) is 76.9 Å². The molecular formula is C20H18N2O3S. The van der Waals surface area contributed by atoms with Crippen LogP contribution in [0.2, 0.25) is 0 Å². The van der Waals surface area contributed by atoms with Gasteiger partial charge >= 0.3 is 5.97 Å². The number of ether oxygens (including phenoxy) is 1. The van der Waals surface area contributed by atoms with Gasteiger partial charge in [-0.15, -0.1) is 11.3 Å². The van der Waals surface area contributed by atoms with E-state index in [9.17, 15) is 9.59 Å². The lowest BCUT2D eigenvalue weighted by molar-refractivity contribution is 0.0302. The largest absolute Gasteiger partial charge is 0.459 e. The SMILES string of the molecule is CC(CC1NC(=O)c2ccsc2-n2cccc21)OC(=O)c1ccccc1. The van der Waals surface area contributed by atoms with Crippen LogP contribution in [0, 0.1) is 0 Å². The van der Waals surface area contributed by atoms with Gasteiger partial charge in [-0.05, 0) is 42.6 Å². The summed E-state index contributed by atoms with van der Waals surface area (Å²) in [6.07, 6.45) is 2.12. The Balaban J connectivity index is 1.52. The third-order valence-electron chi connectivity index (χ3n) is 4.44. The zero-order chi connectivity index (χ0) is 18.1. The summed E-state index contributed by atoms with van der Waals surface area (Å²) in [5.74, 6) is -0.455. The quantitative estimate of drug-likeness (QED) is 0.711. The molecule has 0 spiro atoms. The number of hydrogen-bond donors (Lipinski definition) is 1. The van der Waals surface area contributed by atoms with Crippen molar-refractivity contribution in [2.24, 2.45) is 0 Å². The first kappa shape index (κ1) is 16.6. The van der Waals surface area contributed by atoms with Crippen LogP contribution >= 0.6 is 11.3 Å². The molecule has 26 heavy (non-hydrogen) atoms. The summed E-state index contributed by atoms with van der Waals surface area (Å²) >= 11 is 1.54. The highest BCUT2D eigenvalue weighted by Crippen LogP contribution is 2.32. The van der Waals surface area contributed by atoms with Gasteiger partial charge in [0.05, 0.1) is 17.2 Å². The number of amides is 1. The number of nitrogens with one attached hydrogen (secondary N) is 1. The third kappa shape index (κ3) is 3.04. The molecular weight excluding hydrogens is 348 g/mol. The molecule has 1 aliphatic rings. The maximum atomic E-state index is 12.5. The molecule has 4 rings (SSSR count). The van der Waals surface area contributed by atoms with E-state index in [0.717, 1.165) is 10.7 Å². The zero-order valence-electron chi connectivity index (χ0n) is 14.2. The molecule has 1 N–H and O–H groups in total. The standard InChI is InChI=1S/C20H18N2O3S/c1-13(25-20(24)14-6-3-2-4-7-14)12-16-17-8-5-10-22(17)19-15(9-11-26-19)18(23)21-16/h2-11,13,16H,12H2,1H3,(H,21,23). The molecule has 132 valence electrons. The first-order chi connectivity index (χ1) is 12.6. The van der Waals surface area contributed by atoms with E-state index in [1.165, 1.54) is 11.3 Å². The number of benzene rings is 1. The van der Waals surface area contributed by atoms with Crippen molar-refractivity contribution in [2.75, 3.05) is 0 Å². The molecule has 3 aromatic rings. The molecule has 6 heteroatoms. The molecule has 0 fully saturated rings. The van der Waals surface area contributed by atoms with Gasteiger partial charge in [-0.2, -0.15) is 0 Å². The van der Waals surface area contributed by atoms with Gasteiger partial charge in [0.1, 0.15) is 11.1 Å². The first-order valence-corrected chi connectivity index (χ1v) is 9.33. The van der Waals surface area contributed by atoms with Crippen LogP contribution in [0.15, 0.2) is 60.1 Å². The summed E-state index contributed by atoms with van der Waals surface area (Å²) in [6, 6.07) is 14.5. The predicted molar refractivity (Wildman–Crippen MR) is 99.8 cm³/mol. The minimum atomic E-state index is -0.354. The summed E-state index contributed by atoms with van der Waals surface area (Å²) in [6.45, 7) is 1.85. The van der Waals surface area contributed by atoms with Crippen molar-refractivity contribution < 1.29 is 14.3 Å². The molecule has 1 aromatic carbocycles. The second-order valence-corrected chi connectivity index (χ2v) is 7.18. The van der Waals surface area contributed by atoms with Crippen molar-refractivity contribution in [3.8, 4) is 5.00 Å². The number of thiophene rings is 1. The Hall–Kier alpha value is -2.86. The number of esters is 1. The third-order valence-corrected chi connectivity index (χ3v) is 5.35. The number of nitrogens with zero attached hydrogens (tertiary/aromatic N) is 1. The van der Waals surface area contributed by atoms with Crippen molar-refractivity contribution in [3.63, 3.8) is 0 Å². The van der Waals surface area contributed by atoms with Crippen LogP contribution in [-0.4, -0.2) is 22.5 Å². The Morgan fingerprint density at radius 2 is 2.04 bits per heavy atom. The molecule has 0 saturated carbocycles. The number of aromatic nitrogens is 1. The van der Waals surface area contributed by atoms with Crippen LogP contribution in [0.3, 0.4) is 0 Å². The van der Waals surface area contributed by atoms with Gasteiger partial charge in [-0.1, -0.05) is 18.2 Å². The van der Waals surface area contributed by atoms with Crippen LogP contribution < -0.4 is 5.32 Å². The fourth-order valence-electron chi connectivity index (χ4n) is 3.22. The van der Waals surface area contributed by atoms with Gasteiger partial charge in [0.15, 0.2) is 0 Å². The van der Waals surface area contributed by atoms with Gasteiger partial charge < -0.3 is 14.6 Å². The van der Waals surface area contributed by atoms with E-state index in [2.05, 4.69) is 5.32 Å². The van der Waals surface area contributed by atoms with Gasteiger partial charge in [0, 0.05) is 18.3 Å². The van der Waals surface area contributed by atoms with E-state index < -0.39 is 0 Å². The van der Waals surface area contributed by atoms with Crippen LogP contribution in [0.1, 0.15) is 45.8 Å². The Labute approximate surface area is 155 Å². The van der Waals surface area contributed by atoms with E-state index >= 15 is 0 Å². The molecule has 3 heterocycles. The monoisotopic (exact) mass is 366 g/mol. The first-order valence-electron chi connectivity index (χ1n) is 8.45. The number of hydrogen-bond acceptors (Lipinski definition) is 4. The average molecular weight is 366 g/mol. The molecule has 0 aliphatic carbocycles. The minimum Gasteiger partial charge on any atom is -0.459 e. The molecule has 2 unspecified atom stereocenters. The van der Waals surface area contributed by atoms with Crippen molar-refractivity contribution in [1.82, 2.24) is 9.88 Å².